The largest absolute Gasteiger partial charge is 0.480 e. The summed E-state index contributed by atoms with van der Waals surface area (Å²) in [5, 5.41) is 18.3. The van der Waals surface area contributed by atoms with Crippen molar-refractivity contribution in [2.45, 2.75) is 25.6 Å². The highest BCUT2D eigenvalue weighted by Crippen LogP contribution is 2.17. The summed E-state index contributed by atoms with van der Waals surface area (Å²) in [6, 6.07) is 7.24. The minimum atomic E-state index is -1.26. The highest BCUT2D eigenvalue weighted by Gasteiger charge is 2.41. The molecule has 0 spiro atoms. The maximum absolute atomic E-state index is 12.2. The minimum Gasteiger partial charge on any atom is -0.480 e. The average molecular weight is 322 g/mol. The summed E-state index contributed by atoms with van der Waals surface area (Å²) in [6.07, 6.45) is -1.97. The predicted octanol–water partition coefficient (Wildman–Crippen LogP) is 1.46. The number of hydrogen-bond acceptors (Lipinski definition) is 4. The lowest BCUT2D eigenvalue weighted by Gasteiger charge is -2.41. The van der Waals surface area contributed by atoms with E-state index in [0.717, 1.165) is 15.4 Å². The smallest absolute Gasteiger partial charge is 0.410 e. The molecule has 2 rings (SSSR count). The molecule has 1 aliphatic heterocycles. The summed E-state index contributed by atoms with van der Waals surface area (Å²) < 4.78 is 5.15. The summed E-state index contributed by atoms with van der Waals surface area (Å²) in [7, 11) is 0. The number of carbonyl (C=O) groups is 3. The minimum absolute atomic E-state index is 0.0273. The zero-order chi connectivity index (χ0) is 17.0. The highest BCUT2D eigenvalue weighted by molar-refractivity contribution is 5.81. The molecule has 0 saturated carbocycles. The number of piperazine rings is 1. The van der Waals surface area contributed by atoms with Gasteiger partial charge in [0.1, 0.15) is 6.61 Å². The van der Waals surface area contributed by atoms with Crippen LogP contribution >= 0.6 is 0 Å². The van der Waals surface area contributed by atoms with Crippen LogP contribution in [0, 0.1) is 0 Å². The van der Waals surface area contributed by atoms with Crippen LogP contribution in [-0.2, 0) is 16.1 Å². The van der Waals surface area contributed by atoms with Gasteiger partial charge < -0.3 is 19.8 Å². The van der Waals surface area contributed by atoms with Gasteiger partial charge in [-0.3, -0.25) is 4.90 Å². The van der Waals surface area contributed by atoms with Crippen LogP contribution in [0.25, 0.3) is 0 Å². The van der Waals surface area contributed by atoms with E-state index in [2.05, 4.69) is 0 Å². The predicted molar refractivity (Wildman–Crippen MR) is 78.9 cm³/mol. The molecule has 1 aliphatic rings. The molecule has 1 aromatic rings. The second-order valence-corrected chi connectivity index (χ2v) is 5.33. The van der Waals surface area contributed by atoms with Gasteiger partial charge in [0.15, 0.2) is 6.04 Å². The molecule has 1 aromatic carbocycles. The van der Waals surface area contributed by atoms with E-state index in [0.29, 0.717) is 0 Å². The van der Waals surface area contributed by atoms with Crippen LogP contribution in [0.5, 0.6) is 0 Å². The number of benzene rings is 1. The third kappa shape index (κ3) is 3.91. The summed E-state index contributed by atoms with van der Waals surface area (Å²) in [4.78, 5) is 36.7. The quantitative estimate of drug-likeness (QED) is 0.872. The molecule has 1 saturated heterocycles. The van der Waals surface area contributed by atoms with E-state index < -0.39 is 30.2 Å². The first-order valence-corrected chi connectivity index (χ1v) is 7.10. The number of carbonyl (C=O) groups excluding carboxylic acids is 1. The van der Waals surface area contributed by atoms with Gasteiger partial charge in [0.05, 0.1) is 12.6 Å². The number of nitrogens with zero attached hydrogens (tertiary/aromatic N) is 2. The maximum Gasteiger partial charge on any atom is 0.410 e. The molecule has 0 unspecified atom stereocenters. The fourth-order valence-corrected chi connectivity index (χ4v) is 2.46. The first kappa shape index (κ1) is 16.6. The topological polar surface area (TPSA) is 107 Å². The van der Waals surface area contributed by atoms with Gasteiger partial charge in [-0.2, -0.15) is 0 Å². The molecular formula is C15H18N2O6. The molecule has 0 bridgehead atoms. The number of carboxylic acid groups (broad SMARTS) is 2. The molecule has 124 valence electrons. The molecule has 1 heterocycles. The van der Waals surface area contributed by atoms with Gasteiger partial charge in [0.25, 0.3) is 0 Å². The second-order valence-electron chi connectivity index (χ2n) is 5.33. The Hall–Kier alpha value is -2.77. The molecule has 2 amide bonds. The Morgan fingerprint density at radius 1 is 1.13 bits per heavy atom. The third-order valence-corrected chi connectivity index (χ3v) is 3.71. The molecule has 0 aliphatic carbocycles. The van der Waals surface area contributed by atoms with Crippen LogP contribution in [-0.4, -0.2) is 63.3 Å². The van der Waals surface area contributed by atoms with Gasteiger partial charge in [-0.25, -0.2) is 14.4 Å². The Morgan fingerprint density at radius 3 is 2.35 bits per heavy atom. The Morgan fingerprint density at radius 2 is 1.78 bits per heavy atom. The van der Waals surface area contributed by atoms with Gasteiger partial charge >= 0.3 is 18.2 Å². The van der Waals surface area contributed by atoms with Crippen molar-refractivity contribution in [1.82, 2.24) is 9.80 Å². The van der Waals surface area contributed by atoms with E-state index in [1.165, 1.54) is 0 Å². The van der Waals surface area contributed by atoms with Crippen molar-refractivity contribution >= 4 is 18.2 Å². The number of amides is 2. The van der Waals surface area contributed by atoms with E-state index in [-0.39, 0.29) is 19.7 Å². The van der Waals surface area contributed by atoms with Crippen molar-refractivity contribution < 1.29 is 29.3 Å². The summed E-state index contributed by atoms with van der Waals surface area (Å²) in [5.74, 6) is -1.26. The van der Waals surface area contributed by atoms with Crippen molar-refractivity contribution in [3.8, 4) is 0 Å². The third-order valence-electron chi connectivity index (χ3n) is 3.71. The summed E-state index contributed by atoms with van der Waals surface area (Å²) in [5.41, 5.74) is 0.782. The van der Waals surface area contributed by atoms with E-state index >= 15 is 0 Å². The normalized spacial score (nSPS) is 20.9. The van der Waals surface area contributed by atoms with Crippen LogP contribution in [0.2, 0.25) is 0 Å². The zero-order valence-electron chi connectivity index (χ0n) is 12.6. The molecule has 0 aromatic heterocycles. The molecule has 8 heteroatoms. The van der Waals surface area contributed by atoms with Crippen molar-refractivity contribution in [1.29, 1.82) is 0 Å². The van der Waals surface area contributed by atoms with Crippen LogP contribution in [0.4, 0.5) is 9.59 Å². The fraction of sp³-hybridized carbons (Fsp3) is 0.400. The standard InChI is InChI=1S/C15H18N2O6/c1-10-7-17(12(13(18)19)8-16(10)14(20)21)15(22)23-9-11-5-3-2-4-6-11/h2-6,10,12H,7-9H2,1H3,(H,18,19)(H,20,21)/t10-,12-/m1/s1. The van der Waals surface area contributed by atoms with Crippen molar-refractivity contribution in [3.05, 3.63) is 35.9 Å². The van der Waals surface area contributed by atoms with E-state index in [9.17, 15) is 19.5 Å². The fourth-order valence-electron chi connectivity index (χ4n) is 2.46. The molecule has 0 radical (unpaired) electrons. The highest BCUT2D eigenvalue weighted by atomic mass is 16.6. The lowest BCUT2D eigenvalue weighted by Crippen LogP contribution is -2.62. The lowest BCUT2D eigenvalue weighted by molar-refractivity contribution is -0.145. The molecule has 1 fully saturated rings. The number of ether oxygens (including phenoxy) is 1. The number of aliphatic carboxylic acids is 1. The summed E-state index contributed by atoms with van der Waals surface area (Å²) >= 11 is 0. The van der Waals surface area contributed by atoms with Crippen LogP contribution in [0.3, 0.4) is 0 Å². The van der Waals surface area contributed by atoms with Crippen LogP contribution < -0.4 is 0 Å². The number of hydrogen-bond donors (Lipinski definition) is 2. The number of carboxylic acids is 1. The van der Waals surface area contributed by atoms with Gasteiger partial charge in [-0.1, -0.05) is 30.3 Å². The van der Waals surface area contributed by atoms with Crippen molar-refractivity contribution in [2.24, 2.45) is 0 Å². The average Bonchev–Trinajstić information content (AvgIpc) is 2.52. The summed E-state index contributed by atoms with van der Waals surface area (Å²) in [6.45, 7) is 1.33. The Bertz CT molecular complexity index is 591. The van der Waals surface area contributed by atoms with Gasteiger partial charge in [-0.15, -0.1) is 0 Å². The van der Waals surface area contributed by atoms with Gasteiger partial charge in [0, 0.05) is 6.54 Å². The first-order chi connectivity index (χ1) is 10.9. The van der Waals surface area contributed by atoms with E-state index in [1.54, 1.807) is 31.2 Å². The molecule has 23 heavy (non-hydrogen) atoms. The van der Waals surface area contributed by atoms with Crippen LogP contribution in [0.15, 0.2) is 30.3 Å². The lowest BCUT2D eigenvalue weighted by atomic mass is 10.1. The molecule has 8 nitrogen and oxygen atoms in total. The maximum atomic E-state index is 12.2. The van der Waals surface area contributed by atoms with E-state index in [4.69, 9.17) is 9.84 Å². The zero-order valence-corrected chi connectivity index (χ0v) is 12.6. The van der Waals surface area contributed by atoms with Gasteiger partial charge in [0.2, 0.25) is 0 Å². The number of rotatable bonds is 3. The van der Waals surface area contributed by atoms with Crippen molar-refractivity contribution in [3.63, 3.8) is 0 Å². The second kappa shape index (κ2) is 6.99. The SMILES string of the molecule is C[C@@H]1CN(C(=O)OCc2ccccc2)[C@@H](C(=O)O)CN1C(=O)O. The molecule has 2 atom stereocenters. The van der Waals surface area contributed by atoms with Crippen molar-refractivity contribution in [2.75, 3.05) is 13.1 Å². The Labute approximate surface area is 132 Å². The Balaban J connectivity index is 2.05. The molecular weight excluding hydrogens is 304 g/mol. The Kier molecular flexibility index (Phi) is 5.05. The van der Waals surface area contributed by atoms with E-state index in [1.807, 2.05) is 6.07 Å². The monoisotopic (exact) mass is 322 g/mol. The van der Waals surface area contributed by atoms with Gasteiger partial charge in [-0.05, 0) is 12.5 Å². The molecule has 2 N–H and O–H groups in total. The van der Waals surface area contributed by atoms with Crippen LogP contribution in [0.1, 0.15) is 12.5 Å². The first-order valence-electron chi connectivity index (χ1n) is 7.10.